The van der Waals surface area contributed by atoms with E-state index >= 15 is 0 Å². The van der Waals surface area contributed by atoms with E-state index in [-0.39, 0.29) is 11.7 Å². The molecule has 0 radical (unpaired) electrons. The number of benzene rings is 1. The van der Waals surface area contributed by atoms with Crippen molar-refractivity contribution in [1.82, 2.24) is 4.90 Å². The molecule has 2 heterocycles. The highest BCUT2D eigenvalue weighted by Crippen LogP contribution is 2.21. The van der Waals surface area contributed by atoms with Gasteiger partial charge in [0.1, 0.15) is 11.6 Å². The van der Waals surface area contributed by atoms with Crippen LogP contribution in [0.25, 0.3) is 0 Å². The molecular formula is C16H17FN2O2. The first-order valence-corrected chi connectivity index (χ1v) is 7.00. The Kier molecular flexibility index (Phi) is 3.64. The summed E-state index contributed by atoms with van der Waals surface area (Å²) in [6.07, 6.45) is 0. The first-order valence-electron chi connectivity index (χ1n) is 7.00. The lowest BCUT2D eigenvalue weighted by molar-refractivity contribution is 0.0713. The van der Waals surface area contributed by atoms with Crippen LogP contribution in [0.4, 0.5) is 10.1 Å². The molecule has 4 nitrogen and oxygen atoms in total. The summed E-state index contributed by atoms with van der Waals surface area (Å²) in [7, 11) is 0. The summed E-state index contributed by atoms with van der Waals surface area (Å²) in [6, 6.07) is 10.2. The highest BCUT2D eigenvalue weighted by Gasteiger charge is 2.25. The van der Waals surface area contributed by atoms with Gasteiger partial charge in [-0.25, -0.2) is 4.39 Å². The Balaban J connectivity index is 1.65. The van der Waals surface area contributed by atoms with E-state index in [9.17, 15) is 9.18 Å². The van der Waals surface area contributed by atoms with Crippen molar-refractivity contribution in [1.29, 1.82) is 0 Å². The first-order chi connectivity index (χ1) is 10.1. The van der Waals surface area contributed by atoms with E-state index in [1.165, 1.54) is 6.07 Å². The summed E-state index contributed by atoms with van der Waals surface area (Å²) in [5.41, 5.74) is 0.596. The molecule has 0 aliphatic carbocycles. The van der Waals surface area contributed by atoms with Crippen molar-refractivity contribution < 1.29 is 13.6 Å². The van der Waals surface area contributed by atoms with Gasteiger partial charge in [-0.1, -0.05) is 12.1 Å². The van der Waals surface area contributed by atoms with E-state index in [0.29, 0.717) is 37.6 Å². The molecule has 1 aromatic heterocycles. The summed E-state index contributed by atoms with van der Waals surface area (Å²) in [4.78, 5) is 16.0. The molecule has 5 heteroatoms. The number of furan rings is 1. The summed E-state index contributed by atoms with van der Waals surface area (Å²) < 4.78 is 19.1. The van der Waals surface area contributed by atoms with Gasteiger partial charge in [-0.2, -0.15) is 0 Å². The zero-order valence-corrected chi connectivity index (χ0v) is 11.9. The Labute approximate surface area is 122 Å². The van der Waals surface area contributed by atoms with Crippen molar-refractivity contribution in [2.24, 2.45) is 0 Å². The summed E-state index contributed by atoms with van der Waals surface area (Å²) in [6.45, 7) is 4.17. The zero-order chi connectivity index (χ0) is 14.8. The quantitative estimate of drug-likeness (QED) is 0.852. The Bertz CT molecular complexity index is 645. The maximum atomic E-state index is 13.8. The van der Waals surface area contributed by atoms with Gasteiger partial charge in [-0.05, 0) is 31.2 Å². The number of anilines is 1. The van der Waals surface area contributed by atoms with Gasteiger partial charge in [-0.15, -0.1) is 0 Å². The minimum absolute atomic E-state index is 0.101. The van der Waals surface area contributed by atoms with E-state index in [4.69, 9.17) is 4.42 Å². The molecule has 1 amide bonds. The average molecular weight is 288 g/mol. The zero-order valence-electron chi connectivity index (χ0n) is 11.9. The van der Waals surface area contributed by atoms with Crippen LogP contribution >= 0.6 is 0 Å². The van der Waals surface area contributed by atoms with Gasteiger partial charge >= 0.3 is 0 Å². The van der Waals surface area contributed by atoms with Crippen molar-refractivity contribution in [2.75, 3.05) is 31.1 Å². The largest absolute Gasteiger partial charge is 0.456 e. The van der Waals surface area contributed by atoms with Crippen LogP contribution in [0.2, 0.25) is 0 Å². The molecule has 1 aliphatic rings. The molecule has 0 bridgehead atoms. The SMILES string of the molecule is Cc1ccc(C(=O)N2CCN(c3ccccc3F)CC2)o1. The number of rotatable bonds is 2. The number of aryl methyl sites for hydroxylation is 1. The van der Waals surface area contributed by atoms with E-state index < -0.39 is 0 Å². The highest BCUT2D eigenvalue weighted by molar-refractivity contribution is 5.91. The molecule has 3 rings (SSSR count). The van der Waals surface area contributed by atoms with Gasteiger partial charge in [0.15, 0.2) is 5.76 Å². The Morgan fingerprint density at radius 2 is 1.81 bits per heavy atom. The van der Waals surface area contributed by atoms with Crippen LogP contribution in [0, 0.1) is 12.7 Å². The lowest BCUT2D eigenvalue weighted by atomic mass is 10.2. The van der Waals surface area contributed by atoms with E-state index in [1.54, 1.807) is 29.2 Å². The lowest BCUT2D eigenvalue weighted by Gasteiger charge is -2.35. The van der Waals surface area contributed by atoms with Crippen LogP contribution in [0.5, 0.6) is 0 Å². The molecule has 0 unspecified atom stereocenters. The fraction of sp³-hybridized carbons (Fsp3) is 0.312. The third kappa shape index (κ3) is 2.77. The molecule has 1 fully saturated rings. The van der Waals surface area contributed by atoms with Gasteiger partial charge in [-0.3, -0.25) is 4.79 Å². The minimum Gasteiger partial charge on any atom is -0.456 e. The molecule has 1 aliphatic heterocycles. The van der Waals surface area contributed by atoms with E-state index in [1.807, 2.05) is 17.9 Å². The van der Waals surface area contributed by atoms with Crippen molar-refractivity contribution in [2.45, 2.75) is 6.92 Å². The van der Waals surface area contributed by atoms with Crippen LogP contribution in [0.3, 0.4) is 0 Å². The van der Waals surface area contributed by atoms with Crippen molar-refractivity contribution >= 4 is 11.6 Å². The minimum atomic E-state index is -0.223. The van der Waals surface area contributed by atoms with Crippen LogP contribution < -0.4 is 4.90 Å². The van der Waals surface area contributed by atoms with Gasteiger partial charge in [0.25, 0.3) is 5.91 Å². The van der Waals surface area contributed by atoms with Gasteiger partial charge in [0.2, 0.25) is 0 Å². The molecule has 0 atom stereocenters. The van der Waals surface area contributed by atoms with Crippen molar-refractivity contribution in [3.05, 3.63) is 53.7 Å². The van der Waals surface area contributed by atoms with Crippen LogP contribution in [0.15, 0.2) is 40.8 Å². The summed E-state index contributed by atoms with van der Waals surface area (Å²) >= 11 is 0. The van der Waals surface area contributed by atoms with Crippen molar-refractivity contribution in [3.8, 4) is 0 Å². The molecule has 0 N–H and O–H groups in total. The number of para-hydroxylation sites is 1. The maximum absolute atomic E-state index is 13.8. The second-order valence-corrected chi connectivity index (χ2v) is 5.14. The predicted octanol–water partition coefficient (Wildman–Crippen LogP) is 2.69. The van der Waals surface area contributed by atoms with E-state index in [2.05, 4.69) is 0 Å². The lowest BCUT2D eigenvalue weighted by Crippen LogP contribution is -2.49. The number of amides is 1. The smallest absolute Gasteiger partial charge is 0.289 e. The third-order valence-electron chi connectivity index (χ3n) is 3.71. The third-order valence-corrected chi connectivity index (χ3v) is 3.71. The number of carbonyl (C=O) groups excluding carboxylic acids is 1. The molecular weight excluding hydrogens is 271 g/mol. The van der Waals surface area contributed by atoms with Gasteiger partial charge < -0.3 is 14.2 Å². The number of halogens is 1. The number of hydrogen-bond donors (Lipinski definition) is 0. The fourth-order valence-corrected chi connectivity index (χ4v) is 2.56. The average Bonchev–Trinajstić information content (AvgIpc) is 2.94. The van der Waals surface area contributed by atoms with Crippen LogP contribution in [-0.4, -0.2) is 37.0 Å². The first kappa shape index (κ1) is 13.7. The Hall–Kier alpha value is -2.30. The molecule has 0 spiro atoms. The fourth-order valence-electron chi connectivity index (χ4n) is 2.56. The standard InChI is InChI=1S/C16H17FN2O2/c1-12-6-7-15(21-12)16(20)19-10-8-18(9-11-19)14-5-3-2-4-13(14)17/h2-7H,8-11H2,1H3. The molecule has 0 saturated carbocycles. The van der Waals surface area contributed by atoms with Crippen LogP contribution in [0.1, 0.15) is 16.3 Å². The monoisotopic (exact) mass is 288 g/mol. The normalized spacial score (nSPS) is 15.3. The summed E-state index contributed by atoms with van der Waals surface area (Å²) in [5, 5.41) is 0. The summed E-state index contributed by atoms with van der Waals surface area (Å²) in [5.74, 6) is 0.769. The number of hydrogen-bond acceptors (Lipinski definition) is 3. The molecule has 2 aromatic rings. The van der Waals surface area contributed by atoms with Gasteiger partial charge in [0.05, 0.1) is 5.69 Å². The second-order valence-electron chi connectivity index (χ2n) is 5.14. The molecule has 1 aromatic carbocycles. The Morgan fingerprint density at radius 3 is 2.43 bits per heavy atom. The predicted molar refractivity (Wildman–Crippen MR) is 78.0 cm³/mol. The highest BCUT2D eigenvalue weighted by atomic mass is 19.1. The van der Waals surface area contributed by atoms with Crippen LogP contribution in [-0.2, 0) is 0 Å². The molecule has 110 valence electrons. The number of carbonyl (C=O) groups is 1. The topological polar surface area (TPSA) is 36.7 Å². The number of piperazine rings is 1. The molecule has 1 saturated heterocycles. The van der Waals surface area contributed by atoms with E-state index in [0.717, 1.165) is 5.76 Å². The molecule has 21 heavy (non-hydrogen) atoms. The number of nitrogens with zero attached hydrogens (tertiary/aromatic N) is 2. The Morgan fingerprint density at radius 1 is 1.10 bits per heavy atom. The maximum Gasteiger partial charge on any atom is 0.289 e. The van der Waals surface area contributed by atoms with Gasteiger partial charge in [0, 0.05) is 26.2 Å². The second kappa shape index (κ2) is 5.60. The van der Waals surface area contributed by atoms with Crippen molar-refractivity contribution in [3.63, 3.8) is 0 Å².